The van der Waals surface area contributed by atoms with Crippen LogP contribution in [0.2, 0.25) is 0 Å². The molecule has 0 unspecified atom stereocenters. The van der Waals surface area contributed by atoms with Gasteiger partial charge in [0.1, 0.15) is 0 Å². The lowest BCUT2D eigenvalue weighted by molar-refractivity contribution is -0.252. The zero-order valence-electron chi connectivity index (χ0n) is 15.1. The quantitative estimate of drug-likeness (QED) is 0.784. The fraction of sp³-hybridized carbons (Fsp3) is 0.588. The lowest BCUT2D eigenvalue weighted by atomic mass is 10.0. The molecule has 1 amide bonds. The van der Waals surface area contributed by atoms with Crippen molar-refractivity contribution in [1.29, 1.82) is 0 Å². The number of amides is 1. The lowest BCUT2D eigenvalue weighted by Crippen LogP contribution is -2.44. The number of carbonyl (C=O) groups is 1. The van der Waals surface area contributed by atoms with Crippen LogP contribution in [0, 0.1) is 5.92 Å². The molecule has 2 rings (SSSR count). The maximum Gasteiger partial charge on any atom is 0.417 e. The molecule has 10 heteroatoms. The number of rotatable bonds is 5. The normalized spacial score (nSPS) is 19.5. The van der Waals surface area contributed by atoms with Crippen molar-refractivity contribution in [3.8, 4) is 0 Å². The molecule has 6 nitrogen and oxygen atoms in total. The Kier molecular flexibility index (Phi) is 6.23. The third-order valence-corrected chi connectivity index (χ3v) is 6.55. The topological polar surface area (TPSA) is 86.7 Å². The number of sulfonamides is 1. The molecule has 2 N–H and O–H groups in total. The maximum absolute atomic E-state index is 12.6. The molecule has 1 saturated heterocycles. The first-order valence-electron chi connectivity index (χ1n) is 8.52. The van der Waals surface area contributed by atoms with Crippen LogP contribution >= 0.6 is 0 Å². The van der Waals surface area contributed by atoms with Gasteiger partial charge in [0.25, 0.3) is 0 Å². The highest BCUT2D eigenvalue weighted by Crippen LogP contribution is 2.33. The van der Waals surface area contributed by atoms with E-state index in [9.17, 15) is 31.5 Å². The summed E-state index contributed by atoms with van der Waals surface area (Å²) in [7, 11) is -3.65. The Labute approximate surface area is 156 Å². The molecule has 0 spiro atoms. The summed E-state index contributed by atoms with van der Waals surface area (Å²) in [6.07, 6.45) is -4.53. The molecule has 0 aromatic heterocycles. The van der Waals surface area contributed by atoms with Crippen molar-refractivity contribution >= 4 is 21.6 Å². The number of anilines is 1. The highest BCUT2D eigenvalue weighted by molar-refractivity contribution is 7.89. The van der Waals surface area contributed by atoms with E-state index < -0.39 is 34.1 Å². The Morgan fingerprint density at radius 1 is 1.22 bits per heavy atom. The molecule has 1 aromatic rings. The van der Waals surface area contributed by atoms with E-state index in [1.165, 1.54) is 28.6 Å². The van der Waals surface area contributed by atoms with Crippen molar-refractivity contribution in [1.82, 2.24) is 4.31 Å². The second kappa shape index (κ2) is 7.76. The molecule has 1 aliphatic rings. The van der Waals surface area contributed by atoms with E-state index in [2.05, 4.69) is 12.2 Å². The molecule has 1 aliphatic heterocycles. The summed E-state index contributed by atoms with van der Waals surface area (Å²) in [6, 6.07) is 5.20. The fourth-order valence-corrected chi connectivity index (χ4v) is 4.17. The van der Waals surface area contributed by atoms with Crippen LogP contribution in [-0.4, -0.2) is 48.6 Å². The van der Waals surface area contributed by atoms with Gasteiger partial charge >= 0.3 is 6.18 Å². The van der Waals surface area contributed by atoms with Crippen molar-refractivity contribution in [2.24, 2.45) is 5.92 Å². The first kappa shape index (κ1) is 21.6. The molecule has 27 heavy (non-hydrogen) atoms. The summed E-state index contributed by atoms with van der Waals surface area (Å²) < 4.78 is 64.5. The number of aliphatic hydroxyl groups is 1. The number of alkyl halides is 3. The molecule has 1 heterocycles. The molecular weight excluding hydrogens is 385 g/mol. The summed E-state index contributed by atoms with van der Waals surface area (Å²) in [4.78, 5) is 11.8. The van der Waals surface area contributed by atoms with Crippen molar-refractivity contribution in [2.75, 3.05) is 18.4 Å². The van der Waals surface area contributed by atoms with Gasteiger partial charge < -0.3 is 10.4 Å². The number of benzene rings is 1. The molecule has 0 bridgehead atoms. The summed E-state index contributed by atoms with van der Waals surface area (Å²) in [6.45, 7) is 3.46. The molecule has 1 atom stereocenters. The van der Waals surface area contributed by atoms with Crippen molar-refractivity contribution in [2.45, 2.75) is 49.8 Å². The number of piperidine rings is 1. The minimum absolute atomic E-state index is 0.0531. The zero-order chi connectivity index (χ0) is 20.5. The minimum atomic E-state index is -4.94. The Morgan fingerprint density at radius 3 is 2.22 bits per heavy atom. The van der Waals surface area contributed by atoms with E-state index in [0.717, 1.165) is 12.8 Å². The smallest absolute Gasteiger partial charge is 0.380 e. The van der Waals surface area contributed by atoms with Crippen LogP contribution in [0.3, 0.4) is 0 Å². The van der Waals surface area contributed by atoms with E-state index in [4.69, 9.17) is 0 Å². The standard InChI is InChI=1S/C17H23F3N2O4S/c1-12-7-9-22(10-8-12)27(25,26)14-5-3-13(4-6-14)21-15(23)11-16(2,24)17(18,19)20/h3-6,12,24H,7-11H2,1-2H3,(H,21,23)/t16-/m0/s1. The number of hydrogen-bond donors (Lipinski definition) is 2. The van der Waals surface area contributed by atoms with Gasteiger partial charge in [0.2, 0.25) is 15.9 Å². The molecule has 1 aromatic carbocycles. The van der Waals surface area contributed by atoms with Crippen LogP contribution in [0.1, 0.15) is 33.1 Å². The molecule has 0 aliphatic carbocycles. The Hall–Kier alpha value is -1.65. The third kappa shape index (κ3) is 5.20. The van der Waals surface area contributed by atoms with Crippen LogP contribution < -0.4 is 5.32 Å². The summed E-state index contributed by atoms with van der Waals surface area (Å²) in [5.74, 6) is -0.555. The second-order valence-electron chi connectivity index (χ2n) is 7.11. The van der Waals surface area contributed by atoms with Crippen LogP contribution in [0.25, 0.3) is 0 Å². The first-order chi connectivity index (χ1) is 12.3. The monoisotopic (exact) mass is 408 g/mol. The highest BCUT2D eigenvalue weighted by atomic mass is 32.2. The van der Waals surface area contributed by atoms with E-state index in [0.29, 0.717) is 25.9 Å². The fourth-order valence-electron chi connectivity index (χ4n) is 2.70. The lowest BCUT2D eigenvalue weighted by Gasteiger charge is -2.29. The summed E-state index contributed by atoms with van der Waals surface area (Å²) in [5.41, 5.74) is -3.00. The Bertz CT molecular complexity index is 768. The van der Waals surface area contributed by atoms with Crippen LogP contribution in [0.4, 0.5) is 18.9 Å². The van der Waals surface area contributed by atoms with Gasteiger partial charge in [-0.1, -0.05) is 6.92 Å². The molecule has 0 radical (unpaired) electrons. The van der Waals surface area contributed by atoms with Crippen LogP contribution in [-0.2, 0) is 14.8 Å². The number of halogens is 3. The maximum atomic E-state index is 12.6. The van der Waals surface area contributed by atoms with Gasteiger partial charge in [-0.2, -0.15) is 17.5 Å². The van der Waals surface area contributed by atoms with Gasteiger partial charge in [-0.25, -0.2) is 8.42 Å². The molecule has 1 fully saturated rings. The first-order valence-corrected chi connectivity index (χ1v) is 9.96. The van der Waals surface area contributed by atoms with Gasteiger partial charge in [0, 0.05) is 18.8 Å². The van der Waals surface area contributed by atoms with Crippen molar-refractivity contribution < 1.29 is 31.5 Å². The highest BCUT2D eigenvalue weighted by Gasteiger charge is 2.51. The van der Waals surface area contributed by atoms with E-state index >= 15 is 0 Å². The number of hydrogen-bond acceptors (Lipinski definition) is 4. The Morgan fingerprint density at radius 2 is 1.74 bits per heavy atom. The average Bonchev–Trinajstić information content (AvgIpc) is 2.54. The minimum Gasteiger partial charge on any atom is -0.380 e. The predicted molar refractivity (Wildman–Crippen MR) is 93.5 cm³/mol. The van der Waals surface area contributed by atoms with Gasteiger partial charge in [0.05, 0.1) is 11.3 Å². The van der Waals surface area contributed by atoms with E-state index in [1.54, 1.807) is 0 Å². The SMILES string of the molecule is CC1CCN(S(=O)(=O)c2ccc(NC(=O)C[C@](C)(O)C(F)(F)F)cc2)CC1. The average molecular weight is 408 g/mol. The van der Waals surface area contributed by atoms with Crippen molar-refractivity contribution in [3.63, 3.8) is 0 Å². The van der Waals surface area contributed by atoms with E-state index in [-0.39, 0.29) is 10.6 Å². The number of nitrogens with zero attached hydrogens (tertiary/aromatic N) is 1. The largest absolute Gasteiger partial charge is 0.417 e. The van der Waals surface area contributed by atoms with Gasteiger partial charge in [-0.05, 0) is 49.9 Å². The van der Waals surface area contributed by atoms with Gasteiger partial charge in [0.15, 0.2) is 5.60 Å². The number of nitrogens with one attached hydrogen (secondary N) is 1. The molecule has 152 valence electrons. The number of carbonyl (C=O) groups excluding carboxylic acids is 1. The molecule has 0 saturated carbocycles. The second-order valence-corrected chi connectivity index (χ2v) is 9.05. The zero-order valence-corrected chi connectivity index (χ0v) is 15.9. The summed E-state index contributed by atoms with van der Waals surface area (Å²) >= 11 is 0. The van der Waals surface area contributed by atoms with Crippen molar-refractivity contribution in [3.05, 3.63) is 24.3 Å². The van der Waals surface area contributed by atoms with Crippen LogP contribution in [0.15, 0.2) is 29.2 Å². The molecular formula is C17H23F3N2O4S. The summed E-state index contributed by atoms with van der Waals surface area (Å²) in [5, 5.41) is 11.6. The third-order valence-electron chi connectivity index (χ3n) is 4.63. The van der Waals surface area contributed by atoms with E-state index in [1.807, 2.05) is 0 Å². The van der Waals surface area contributed by atoms with Gasteiger partial charge in [-0.3, -0.25) is 4.79 Å². The predicted octanol–water partition coefficient (Wildman–Crippen LogP) is 2.75. The Balaban J connectivity index is 2.04. The van der Waals surface area contributed by atoms with Crippen LogP contribution in [0.5, 0.6) is 0 Å². The van der Waals surface area contributed by atoms with Gasteiger partial charge in [-0.15, -0.1) is 0 Å².